The molecule has 1 aromatic heterocycles. The topological polar surface area (TPSA) is 72.6 Å². The van der Waals surface area contributed by atoms with Crippen LogP contribution in [0.25, 0.3) is 22.2 Å². The smallest absolute Gasteiger partial charge is 0.338 e. The summed E-state index contributed by atoms with van der Waals surface area (Å²) in [4.78, 5) is 26.9. The van der Waals surface area contributed by atoms with E-state index in [0.29, 0.717) is 28.8 Å². The molecule has 6 heteroatoms. The molecule has 0 saturated heterocycles. The van der Waals surface area contributed by atoms with E-state index in [-0.39, 0.29) is 5.91 Å². The van der Waals surface area contributed by atoms with Gasteiger partial charge in [-0.15, -0.1) is 0 Å². The molecule has 1 heterocycles. The highest BCUT2D eigenvalue weighted by Gasteiger charge is 2.23. The molecule has 0 radical (unpaired) electrons. The van der Waals surface area contributed by atoms with Crippen LogP contribution in [0, 0.1) is 0 Å². The van der Waals surface area contributed by atoms with Crippen molar-refractivity contribution in [3.63, 3.8) is 0 Å². The summed E-state index contributed by atoms with van der Waals surface area (Å²) < 4.78 is 10.9. The van der Waals surface area contributed by atoms with E-state index >= 15 is 0 Å². The Morgan fingerprint density at radius 3 is 2.39 bits per heavy atom. The molecule has 6 nitrogen and oxygen atoms in total. The Morgan fingerprint density at radius 2 is 1.68 bits per heavy atom. The molecule has 0 N–H and O–H groups in total. The minimum atomic E-state index is -0.909. The number of ether oxygens (including phenoxy) is 1. The summed E-state index contributed by atoms with van der Waals surface area (Å²) in [6, 6.07) is 24.2. The van der Waals surface area contributed by atoms with E-state index in [0.717, 1.165) is 11.1 Å². The van der Waals surface area contributed by atoms with Gasteiger partial charge in [-0.25, -0.2) is 4.79 Å². The minimum Gasteiger partial charge on any atom is -0.449 e. The van der Waals surface area contributed by atoms with Crippen LogP contribution in [-0.4, -0.2) is 35.1 Å². The van der Waals surface area contributed by atoms with Crippen LogP contribution >= 0.6 is 0 Å². The van der Waals surface area contributed by atoms with Crippen LogP contribution < -0.4 is 0 Å². The quantitative estimate of drug-likeness (QED) is 0.428. The first-order valence-corrected chi connectivity index (χ1v) is 9.97. The number of hydrogen-bond acceptors (Lipinski definition) is 5. The second kappa shape index (κ2) is 8.83. The van der Waals surface area contributed by atoms with Gasteiger partial charge in [0.05, 0.1) is 10.9 Å². The normalized spacial score (nSPS) is 11.8. The lowest BCUT2D eigenvalue weighted by Gasteiger charge is -2.21. The van der Waals surface area contributed by atoms with E-state index in [1.807, 2.05) is 60.7 Å². The highest BCUT2D eigenvalue weighted by Crippen LogP contribution is 2.29. The molecule has 0 unspecified atom stereocenters. The van der Waals surface area contributed by atoms with Gasteiger partial charge in [-0.3, -0.25) is 4.79 Å². The Bertz CT molecular complexity index is 1200. The van der Waals surface area contributed by atoms with Gasteiger partial charge >= 0.3 is 5.97 Å². The molecule has 0 aliphatic heterocycles. The highest BCUT2D eigenvalue weighted by atomic mass is 16.5. The van der Waals surface area contributed by atoms with Crippen LogP contribution in [0.3, 0.4) is 0 Å². The first-order valence-electron chi connectivity index (χ1n) is 9.97. The summed E-state index contributed by atoms with van der Waals surface area (Å²) in [5.41, 5.74) is 2.84. The SMILES string of the molecule is C[C@@H](OC(=O)c1ccc2noc(-c3ccccc3)c2c1)C(=O)N(C)Cc1ccccc1. The van der Waals surface area contributed by atoms with E-state index in [2.05, 4.69) is 5.16 Å². The zero-order chi connectivity index (χ0) is 21.8. The van der Waals surface area contributed by atoms with Gasteiger partial charge in [-0.05, 0) is 30.7 Å². The van der Waals surface area contributed by atoms with E-state index in [9.17, 15) is 9.59 Å². The van der Waals surface area contributed by atoms with Crippen LogP contribution in [-0.2, 0) is 16.1 Å². The van der Waals surface area contributed by atoms with Crippen molar-refractivity contribution in [2.75, 3.05) is 7.05 Å². The molecule has 1 atom stereocenters. The third kappa shape index (κ3) is 4.48. The average Bonchev–Trinajstić information content (AvgIpc) is 3.23. The fourth-order valence-electron chi connectivity index (χ4n) is 3.39. The number of aromatic nitrogens is 1. The van der Waals surface area contributed by atoms with Crippen molar-refractivity contribution in [1.29, 1.82) is 0 Å². The van der Waals surface area contributed by atoms with Crippen molar-refractivity contribution >= 4 is 22.8 Å². The molecule has 4 rings (SSSR count). The van der Waals surface area contributed by atoms with E-state index in [1.165, 1.54) is 0 Å². The van der Waals surface area contributed by atoms with Crippen LogP contribution in [0.1, 0.15) is 22.8 Å². The number of nitrogens with zero attached hydrogens (tertiary/aromatic N) is 2. The fourth-order valence-corrected chi connectivity index (χ4v) is 3.39. The number of benzene rings is 3. The Balaban J connectivity index is 1.48. The molecule has 0 fully saturated rings. The fraction of sp³-hybridized carbons (Fsp3) is 0.160. The predicted octanol–water partition coefficient (Wildman–Crippen LogP) is 4.70. The molecular weight excluding hydrogens is 392 g/mol. The second-order valence-electron chi connectivity index (χ2n) is 7.34. The third-order valence-electron chi connectivity index (χ3n) is 5.02. The maximum Gasteiger partial charge on any atom is 0.338 e. The number of fused-ring (bicyclic) bond motifs is 1. The molecule has 4 aromatic rings. The van der Waals surface area contributed by atoms with Gasteiger partial charge in [-0.2, -0.15) is 0 Å². The van der Waals surface area contributed by atoms with Gasteiger partial charge in [0.15, 0.2) is 11.9 Å². The van der Waals surface area contributed by atoms with Crippen molar-refractivity contribution < 1.29 is 18.8 Å². The zero-order valence-corrected chi connectivity index (χ0v) is 17.3. The molecule has 0 aliphatic rings. The Morgan fingerprint density at radius 1 is 1.00 bits per heavy atom. The van der Waals surface area contributed by atoms with Crippen molar-refractivity contribution in [2.45, 2.75) is 19.6 Å². The molecule has 0 bridgehead atoms. The lowest BCUT2D eigenvalue weighted by molar-refractivity contribution is -0.139. The van der Waals surface area contributed by atoms with Crippen molar-refractivity contribution in [3.8, 4) is 11.3 Å². The van der Waals surface area contributed by atoms with Crippen molar-refractivity contribution in [1.82, 2.24) is 10.1 Å². The monoisotopic (exact) mass is 414 g/mol. The lowest BCUT2D eigenvalue weighted by Crippen LogP contribution is -2.37. The molecule has 31 heavy (non-hydrogen) atoms. The van der Waals surface area contributed by atoms with Crippen molar-refractivity contribution in [2.24, 2.45) is 0 Å². The standard InChI is InChI=1S/C25H22N2O4/c1-17(24(28)27(2)16-18-9-5-3-6-10-18)30-25(29)20-13-14-22-21(15-20)23(31-26-22)19-11-7-4-8-12-19/h3-15,17H,16H2,1-2H3/t17-/m1/s1. The molecule has 156 valence electrons. The van der Waals surface area contributed by atoms with Gasteiger partial charge in [-0.1, -0.05) is 65.8 Å². The maximum atomic E-state index is 12.7. The van der Waals surface area contributed by atoms with E-state index in [4.69, 9.17) is 9.26 Å². The van der Waals surface area contributed by atoms with Crippen LogP contribution in [0.4, 0.5) is 0 Å². The molecule has 1 amide bonds. The summed E-state index contributed by atoms with van der Waals surface area (Å²) in [5.74, 6) is -0.263. The summed E-state index contributed by atoms with van der Waals surface area (Å²) in [6.45, 7) is 2.02. The average molecular weight is 414 g/mol. The number of carbonyl (C=O) groups excluding carboxylic acids is 2. The predicted molar refractivity (Wildman–Crippen MR) is 117 cm³/mol. The summed E-state index contributed by atoms with van der Waals surface area (Å²) >= 11 is 0. The molecule has 0 saturated carbocycles. The second-order valence-corrected chi connectivity index (χ2v) is 7.34. The molecular formula is C25H22N2O4. The lowest BCUT2D eigenvalue weighted by atomic mass is 10.1. The highest BCUT2D eigenvalue weighted by molar-refractivity contribution is 5.99. The maximum absolute atomic E-state index is 12.7. The Labute approximate surface area is 180 Å². The third-order valence-corrected chi connectivity index (χ3v) is 5.02. The molecule has 0 aliphatic carbocycles. The number of amides is 1. The summed E-state index contributed by atoms with van der Waals surface area (Å²) in [7, 11) is 1.69. The van der Waals surface area contributed by atoms with Crippen LogP contribution in [0.2, 0.25) is 0 Å². The van der Waals surface area contributed by atoms with Gasteiger partial charge in [0.1, 0.15) is 5.52 Å². The summed E-state index contributed by atoms with van der Waals surface area (Å²) in [6.07, 6.45) is -0.909. The largest absolute Gasteiger partial charge is 0.449 e. The number of esters is 1. The first-order chi connectivity index (χ1) is 15.0. The minimum absolute atomic E-state index is 0.270. The number of likely N-dealkylation sites (N-methyl/N-ethyl adjacent to an activating group) is 1. The van der Waals surface area contributed by atoms with Gasteiger partial charge < -0.3 is 14.2 Å². The van der Waals surface area contributed by atoms with Crippen LogP contribution in [0.15, 0.2) is 83.4 Å². The zero-order valence-electron chi connectivity index (χ0n) is 17.3. The number of hydrogen-bond donors (Lipinski definition) is 0. The first kappa shape index (κ1) is 20.3. The van der Waals surface area contributed by atoms with Crippen LogP contribution in [0.5, 0.6) is 0 Å². The van der Waals surface area contributed by atoms with Crippen molar-refractivity contribution in [3.05, 3.63) is 90.0 Å². The van der Waals surface area contributed by atoms with Gasteiger partial charge in [0, 0.05) is 19.2 Å². The summed E-state index contributed by atoms with van der Waals surface area (Å²) in [5, 5.41) is 4.77. The number of rotatable bonds is 6. The van der Waals surface area contributed by atoms with E-state index < -0.39 is 12.1 Å². The Hall–Kier alpha value is -3.93. The molecule has 3 aromatic carbocycles. The van der Waals surface area contributed by atoms with Gasteiger partial charge in [0.2, 0.25) is 0 Å². The Kier molecular flexibility index (Phi) is 5.80. The van der Waals surface area contributed by atoms with E-state index in [1.54, 1.807) is 37.1 Å². The number of carbonyl (C=O) groups is 2. The van der Waals surface area contributed by atoms with Gasteiger partial charge in [0.25, 0.3) is 5.91 Å². The molecule has 0 spiro atoms.